The number of halogens is 3. The van der Waals surface area contributed by atoms with E-state index < -0.39 is 13.0 Å². The third-order valence-electron chi connectivity index (χ3n) is 1.75. The molecule has 4 nitrogen and oxygen atoms in total. The van der Waals surface area contributed by atoms with E-state index in [2.05, 4.69) is 15.0 Å². The first kappa shape index (κ1) is 13.8. The maximum absolute atomic E-state index is 11.7. The normalized spacial score (nSPS) is 10.6. The topological polar surface area (TPSA) is 51.2 Å². The van der Waals surface area contributed by atoms with E-state index in [0.717, 1.165) is 0 Å². The summed E-state index contributed by atoms with van der Waals surface area (Å²) in [6.07, 6.45) is -1.05. The number of anilines is 1. The lowest BCUT2D eigenvalue weighted by Crippen LogP contribution is -2.16. The van der Waals surface area contributed by atoms with Crippen molar-refractivity contribution in [1.29, 1.82) is 0 Å². The van der Waals surface area contributed by atoms with Gasteiger partial charge in [0.05, 0.1) is 18.7 Å². The number of aromatic nitrogens is 1. The zero-order chi connectivity index (χ0) is 12.7. The molecule has 0 bridgehead atoms. The van der Waals surface area contributed by atoms with E-state index in [9.17, 15) is 13.6 Å². The van der Waals surface area contributed by atoms with E-state index in [1.54, 1.807) is 12.1 Å². The van der Waals surface area contributed by atoms with Gasteiger partial charge in [-0.15, -0.1) is 0 Å². The largest absolute Gasteiger partial charge is 0.375 e. The number of ether oxygens (including phenoxy) is 1. The predicted molar refractivity (Wildman–Crippen MR) is 59.3 cm³/mol. The highest BCUT2D eigenvalue weighted by atomic mass is 35.5. The third-order valence-corrected chi connectivity index (χ3v) is 2.05. The second-order valence-corrected chi connectivity index (χ2v) is 3.46. The summed E-state index contributed by atoms with van der Waals surface area (Å²) in [4.78, 5) is 15.1. The van der Waals surface area contributed by atoms with Gasteiger partial charge in [0.2, 0.25) is 5.91 Å². The number of nitrogens with zero attached hydrogens (tertiary/aromatic N) is 1. The van der Waals surface area contributed by atoms with Crippen molar-refractivity contribution in [2.45, 2.75) is 12.8 Å². The Labute approximate surface area is 102 Å². The molecule has 0 aliphatic carbocycles. The maximum Gasteiger partial charge on any atom is 0.261 e. The van der Waals surface area contributed by atoms with Crippen LogP contribution in [0.3, 0.4) is 0 Å². The van der Waals surface area contributed by atoms with Crippen LogP contribution in [0.2, 0.25) is 5.15 Å². The number of alkyl halides is 2. The Hall–Kier alpha value is -1.27. The predicted octanol–water partition coefficient (Wildman–Crippen LogP) is 2.35. The lowest BCUT2D eigenvalue weighted by atomic mass is 10.3. The number of hydrogen-bond acceptors (Lipinski definition) is 3. The highest BCUT2D eigenvalue weighted by molar-refractivity contribution is 6.32. The van der Waals surface area contributed by atoms with Crippen molar-refractivity contribution in [3.05, 3.63) is 23.5 Å². The van der Waals surface area contributed by atoms with Crippen molar-refractivity contribution in [1.82, 2.24) is 4.98 Å². The van der Waals surface area contributed by atoms with Crippen LogP contribution >= 0.6 is 11.6 Å². The van der Waals surface area contributed by atoms with E-state index in [0.29, 0.717) is 5.69 Å². The van der Waals surface area contributed by atoms with Crippen LogP contribution in [0.15, 0.2) is 18.3 Å². The molecule has 1 aromatic rings. The molecule has 1 aromatic heterocycles. The van der Waals surface area contributed by atoms with Crippen LogP contribution in [0.4, 0.5) is 14.5 Å². The molecule has 0 aromatic carbocycles. The SMILES string of the molecule is O=C(CCOCC(F)F)Nc1cccnc1Cl. The van der Waals surface area contributed by atoms with Crippen LogP contribution in [-0.2, 0) is 9.53 Å². The van der Waals surface area contributed by atoms with Crippen LogP contribution in [0.5, 0.6) is 0 Å². The third kappa shape index (κ3) is 5.55. The minimum Gasteiger partial charge on any atom is -0.375 e. The van der Waals surface area contributed by atoms with Gasteiger partial charge in [0.1, 0.15) is 6.61 Å². The molecule has 0 spiro atoms. The van der Waals surface area contributed by atoms with Gasteiger partial charge >= 0.3 is 0 Å². The van der Waals surface area contributed by atoms with Crippen LogP contribution in [0.1, 0.15) is 6.42 Å². The fourth-order valence-corrected chi connectivity index (χ4v) is 1.20. The minimum absolute atomic E-state index is 0.0159. The molecule has 1 amide bonds. The number of hydrogen-bond donors (Lipinski definition) is 1. The monoisotopic (exact) mass is 264 g/mol. The van der Waals surface area contributed by atoms with E-state index in [1.165, 1.54) is 6.20 Å². The molecule has 1 heterocycles. The fraction of sp³-hybridized carbons (Fsp3) is 0.400. The molecular weight excluding hydrogens is 254 g/mol. The van der Waals surface area contributed by atoms with Gasteiger partial charge in [-0.2, -0.15) is 0 Å². The lowest BCUT2D eigenvalue weighted by molar-refractivity contribution is -0.117. The van der Waals surface area contributed by atoms with Gasteiger partial charge in [-0.25, -0.2) is 13.8 Å². The maximum atomic E-state index is 11.7. The van der Waals surface area contributed by atoms with Crippen molar-refractivity contribution in [3.8, 4) is 0 Å². The second kappa shape index (κ2) is 7.13. The zero-order valence-corrected chi connectivity index (χ0v) is 9.58. The number of nitrogens with one attached hydrogen (secondary N) is 1. The summed E-state index contributed by atoms with van der Waals surface area (Å²) in [6.45, 7) is -0.727. The molecule has 0 fully saturated rings. The Morgan fingerprint density at radius 3 is 3.00 bits per heavy atom. The van der Waals surface area contributed by atoms with Gasteiger partial charge in [0.25, 0.3) is 6.43 Å². The molecule has 7 heteroatoms. The number of carbonyl (C=O) groups excluding carboxylic acids is 1. The number of pyridine rings is 1. The van der Waals surface area contributed by atoms with Crippen LogP contribution in [0, 0.1) is 0 Å². The van der Waals surface area contributed by atoms with Crippen molar-refractivity contribution in [2.75, 3.05) is 18.5 Å². The van der Waals surface area contributed by atoms with Gasteiger partial charge in [-0.1, -0.05) is 11.6 Å². The highest BCUT2D eigenvalue weighted by Gasteiger charge is 2.07. The van der Waals surface area contributed by atoms with Crippen LogP contribution in [0.25, 0.3) is 0 Å². The Kier molecular flexibility index (Phi) is 5.79. The number of rotatable bonds is 6. The molecule has 1 N–H and O–H groups in total. The molecule has 0 aliphatic heterocycles. The van der Waals surface area contributed by atoms with E-state index >= 15 is 0 Å². The van der Waals surface area contributed by atoms with Gasteiger partial charge in [-0.3, -0.25) is 4.79 Å². The Balaban J connectivity index is 2.28. The van der Waals surface area contributed by atoms with Gasteiger partial charge in [0.15, 0.2) is 5.15 Å². The average Bonchev–Trinajstić information content (AvgIpc) is 2.27. The summed E-state index contributed by atoms with van der Waals surface area (Å²) in [6, 6.07) is 3.21. The summed E-state index contributed by atoms with van der Waals surface area (Å²) < 4.78 is 28.0. The van der Waals surface area contributed by atoms with Gasteiger partial charge < -0.3 is 10.1 Å². The van der Waals surface area contributed by atoms with E-state index in [1.807, 2.05) is 0 Å². The van der Waals surface area contributed by atoms with Crippen LogP contribution in [-0.4, -0.2) is 30.5 Å². The van der Waals surface area contributed by atoms with Gasteiger partial charge in [-0.05, 0) is 12.1 Å². The Morgan fingerprint density at radius 2 is 2.35 bits per heavy atom. The Bertz CT molecular complexity index is 377. The molecule has 0 atom stereocenters. The molecule has 0 radical (unpaired) electrons. The van der Waals surface area contributed by atoms with E-state index in [4.69, 9.17) is 11.6 Å². The smallest absolute Gasteiger partial charge is 0.261 e. The van der Waals surface area contributed by atoms with Crippen molar-refractivity contribution in [3.63, 3.8) is 0 Å². The highest BCUT2D eigenvalue weighted by Crippen LogP contribution is 2.17. The lowest BCUT2D eigenvalue weighted by Gasteiger charge is -2.06. The summed E-state index contributed by atoms with van der Waals surface area (Å²) >= 11 is 5.71. The first-order chi connectivity index (χ1) is 8.09. The van der Waals surface area contributed by atoms with Crippen molar-refractivity contribution in [2.24, 2.45) is 0 Å². The molecule has 17 heavy (non-hydrogen) atoms. The summed E-state index contributed by atoms with van der Waals surface area (Å²) in [7, 11) is 0. The first-order valence-corrected chi connectivity index (χ1v) is 5.23. The number of amides is 1. The summed E-state index contributed by atoms with van der Waals surface area (Å²) in [5.74, 6) is -0.367. The minimum atomic E-state index is -2.52. The summed E-state index contributed by atoms with van der Waals surface area (Å²) in [5.41, 5.74) is 0.382. The molecule has 0 saturated carbocycles. The average molecular weight is 265 g/mol. The quantitative estimate of drug-likeness (QED) is 0.634. The first-order valence-electron chi connectivity index (χ1n) is 4.86. The van der Waals surface area contributed by atoms with Crippen LogP contribution < -0.4 is 5.32 Å². The standard InChI is InChI=1S/C10H11ClF2N2O2/c11-10-7(2-1-4-14-10)15-9(16)3-5-17-6-8(12)13/h1-2,4,8H,3,5-6H2,(H,15,16). The fourth-order valence-electron chi connectivity index (χ4n) is 1.03. The molecule has 0 aliphatic rings. The number of carbonyl (C=O) groups is 1. The second-order valence-electron chi connectivity index (χ2n) is 3.11. The molecule has 94 valence electrons. The van der Waals surface area contributed by atoms with Gasteiger partial charge in [0, 0.05) is 6.20 Å². The molecular formula is C10H11ClF2N2O2. The zero-order valence-electron chi connectivity index (χ0n) is 8.83. The molecule has 1 rings (SSSR count). The van der Waals surface area contributed by atoms with Crippen molar-refractivity contribution < 1.29 is 18.3 Å². The Morgan fingerprint density at radius 1 is 1.59 bits per heavy atom. The molecule has 0 saturated heterocycles. The molecule has 0 unspecified atom stereocenters. The van der Waals surface area contributed by atoms with Crippen molar-refractivity contribution >= 4 is 23.2 Å². The van der Waals surface area contributed by atoms with E-state index in [-0.39, 0.29) is 24.1 Å². The summed E-state index contributed by atoms with van der Waals surface area (Å²) in [5, 5.41) is 2.67.